The first-order valence-corrected chi connectivity index (χ1v) is 4.97. The zero-order chi connectivity index (χ0) is 11.7. The fourth-order valence-electron chi connectivity index (χ4n) is 1.50. The van der Waals surface area contributed by atoms with E-state index in [9.17, 15) is 8.78 Å². The number of hydrogen-bond acceptors (Lipinski definition) is 1. The van der Waals surface area contributed by atoms with Gasteiger partial charge in [-0.1, -0.05) is 23.7 Å². The molecule has 0 fully saturated rings. The average molecular weight is 240 g/mol. The van der Waals surface area contributed by atoms with Crippen LogP contribution < -0.4 is 5.73 Å². The van der Waals surface area contributed by atoms with Crippen LogP contribution in [0.5, 0.6) is 0 Å². The maximum absolute atomic E-state index is 13.1. The highest BCUT2D eigenvalue weighted by molar-refractivity contribution is 6.34. The standard InChI is InChI=1S/C12H8ClF2N/c13-8-2-1-3-11(16)12(8)7-4-5-9(14)10(15)6-7/h1-6H,16H2. The Kier molecular flexibility index (Phi) is 2.79. The summed E-state index contributed by atoms with van der Waals surface area (Å²) in [5.74, 6) is -1.81. The second-order valence-electron chi connectivity index (χ2n) is 3.33. The van der Waals surface area contributed by atoms with Crippen molar-refractivity contribution in [3.63, 3.8) is 0 Å². The molecule has 0 radical (unpaired) electrons. The monoisotopic (exact) mass is 239 g/mol. The number of nitrogen functional groups attached to an aromatic ring is 1. The highest BCUT2D eigenvalue weighted by Gasteiger charge is 2.10. The number of nitrogens with two attached hydrogens (primary N) is 1. The minimum atomic E-state index is -0.920. The topological polar surface area (TPSA) is 26.0 Å². The fourth-order valence-corrected chi connectivity index (χ4v) is 1.79. The van der Waals surface area contributed by atoms with Gasteiger partial charge in [-0.05, 0) is 29.8 Å². The van der Waals surface area contributed by atoms with Crippen LogP contribution in [0.2, 0.25) is 5.02 Å². The van der Waals surface area contributed by atoms with Crippen molar-refractivity contribution in [3.8, 4) is 11.1 Å². The van der Waals surface area contributed by atoms with Crippen LogP contribution in [-0.4, -0.2) is 0 Å². The summed E-state index contributed by atoms with van der Waals surface area (Å²) in [6.45, 7) is 0. The Morgan fingerprint density at radius 2 is 1.75 bits per heavy atom. The number of hydrogen-bond donors (Lipinski definition) is 1. The molecule has 0 aromatic heterocycles. The van der Waals surface area contributed by atoms with Crippen molar-refractivity contribution in [1.29, 1.82) is 0 Å². The van der Waals surface area contributed by atoms with E-state index in [1.807, 2.05) is 0 Å². The third kappa shape index (κ3) is 1.86. The molecule has 0 saturated heterocycles. The maximum atomic E-state index is 13.1. The molecular formula is C12H8ClF2N. The van der Waals surface area contributed by atoms with Crippen molar-refractivity contribution in [1.82, 2.24) is 0 Å². The van der Waals surface area contributed by atoms with Gasteiger partial charge in [0.2, 0.25) is 0 Å². The zero-order valence-electron chi connectivity index (χ0n) is 8.18. The molecule has 2 aromatic rings. The molecule has 0 heterocycles. The van der Waals surface area contributed by atoms with Crippen molar-refractivity contribution in [2.24, 2.45) is 0 Å². The molecule has 2 N–H and O–H groups in total. The van der Waals surface area contributed by atoms with Crippen molar-refractivity contribution in [3.05, 3.63) is 53.1 Å². The number of benzene rings is 2. The first-order chi connectivity index (χ1) is 7.59. The Bertz CT molecular complexity index is 520. The fraction of sp³-hybridized carbons (Fsp3) is 0. The van der Waals surface area contributed by atoms with Gasteiger partial charge >= 0.3 is 0 Å². The lowest BCUT2D eigenvalue weighted by Gasteiger charge is -2.08. The molecule has 0 aliphatic carbocycles. The molecule has 0 unspecified atom stereocenters. The Balaban J connectivity index is 2.63. The molecule has 0 aliphatic heterocycles. The van der Waals surface area contributed by atoms with E-state index >= 15 is 0 Å². The van der Waals surface area contributed by atoms with Gasteiger partial charge in [0, 0.05) is 11.3 Å². The molecule has 0 saturated carbocycles. The van der Waals surface area contributed by atoms with Gasteiger partial charge in [-0.15, -0.1) is 0 Å². The molecule has 0 spiro atoms. The molecule has 2 aromatic carbocycles. The van der Waals surface area contributed by atoms with Crippen LogP contribution in [0, 0.1) is 11.6 Å². The van der Waals surface area contributed by atoms with Crippen LogP contribution >= 0.6 is 11.6 Å². The zero-order valence-corrected chi connectivity index (χ0v) is 8.93. The van der Waals surface area contributed by atoms with E-state index in [0.717, 1.165) is 12.1 Å². The van der Waals surface area contributed by atoms with Crippen LogP contribution in [0.25, 0.3) is 11.1 Å². The molecule has 0 aliphatic rings. The van der Waals surface area contributed by atoms with Crippen molar-refractivity contribution < 1.29 is 8.78 Å². The van der Waals surface area contributed by atoms with E-state index in [-0.39, 0.29) is 0 Å². The summed E-state index contributed by atoms with van der Waals surface area (Å²) < 4.78 is 25.8. The first kappa shape index (κ1) is 10.9. The Labute approximate surface area is 96.5 Å². The lowest BCUT2D eigenvalue weighted by atomic mass is 10.0. The van der Waals surface area contributed by atoms with E-state index < -0.39 is 11.6 Å². The third-order valence-corrected chi connectivity index (χ3v) is 2.57. The number of halogens is 3. The lowest BCUT2D eigenvalue weighted by Crippen LogP contribution is -1.92. The Hall–Kier alpha value is -1.61. The highest BCUT2D eigenvalue weighted by atomic mass is 35.5. The lowest BCUT2D eigenvalue weighted by molar-refractivity contribution is 0.509. The van der Waals surface area contributed by atoms with E-state index in [1.165, 1.54) is 6.07 Å². The summed E-state index contributed by atoms with van der Waals surface area (Å²) in [5.41, 5.74) is 7.15. The Morgan fingerprint density at radius 3 is 2.38 bits per heavy atom. The van der Waals surface area contributed by atoms with Crippen molar-refractivity contribution >= 4 is 17.3 Å². The summed E-state index contributed by atoms with van der Waals surface area (Å²) in [6.07, 6.45) is 0. The molecular weight excluding hydrogens is 232 g/mol. The second-order valence-corrected chi connectivity index (χ2v) is 3.74. The third-order valence-electron chi connectivity index (χ3n) is 2.25. The van der Waals surface area contributed by atoms with Crippen LogP contribution in [0.4, 0.5) is 14.5 Å². The predicted molar refractivity (Wildman–Crippen MR) is 61.2 cm³/mol. The van der Waals surface area contributed by atoms with Gasteiger partial charge in [0.15, 0.2) is 11.6 Å². The van der Waals surface area contributed by atoms with Gasteiger partial charge in [-0.3, -0.25) is 0 Å². The van der Waals surface area contributed by atoms with E-state index in [4.69, 9.17) is 17.3 Å². The van der Waals surface area contributed by atoms with Crippen LogP contribution in [-0.2, 0) is 0 Å². The normalized spacial score (nSPS) is 10.4. The first-order valence-electron chi connectivity index (χ1n) is 4.59. The average Bonchev–Trinajstić information content (AvgIpc) is 2.23. The summed E-state index contributed by atoms with van der Waals surface area (Å²) in [5, 5.41) is 0.408. The summed E-state index contributed by atoms with van der Waals surface area (Å²) in [4.78, 5) is 0. The molecule has 2 rings (SSSR count). The van der Waals surface area contributed by atoms with Gasteiger partial charge in [0.1, 0.15) is 0 Å². The molecule has 1 nitrogen and oxygen atoms in total. The summed E-state index contributed by atoms with van der Waals surface area (Å²) in [6, 6.07) is 8.56. The van der Waals surface area contributed by atoms with E-state index in [2.05, 4.69) is 0 Å². The quantitative estimate of drug-likeness (QED) is 0.751. The van der Waals surface area contributed by atoms with Crippen molar-refractivity contribution in [2.75, 3.05) is 5.73 Å². The van der Waals surface area contributed by atoms with Gasteiger partial charge in [-0.25, -0.2) is 8.78 Å². The smallest absolute Gasteiger partial charge is 0.159 e. The van der Waals surface area contributed by atoms with E-state index in [0.29, 0.717) is 21.8 Å². The van der Waals surface area contributed by atoms with Gasteiger partial charge in [-0.2, -0.15) is 0 Å². The van der Waals surface area contributed by atoms with Gasteiger partial charge < -0.3 is 5.73 Å². The number of rotatable bonds is 1. The molecule has 0 atom stereocenters. The van der Waals surface area contributed by atoms with Gasteiger partial charge in [0.25, 0.3) is 0 Å². The largest absolute Gasteiger partial charge is 0.398 e. The minimum absolute atomic E-state index is 0.408. The molecule has 16 heavy (non-hydrogen) atoms. The van der Waals surface area contributed by atoms with E-state index in [1.54, 1.807) is 18.2 Å². The van der Waals surface area contributed by atoms with Gasteiger partial charge in [0.05, 0.1) is 5.02 Å². The van der Waals surface area contributed by atoms with Crippen LogP contribution in [0.1, 0.15) is 0 Å². The van der Waals surface area contributed by atoms with Crippen LogP contribution in [0.3, 0.4) is 0 Å². The minimum Gasteiger partial charge on any atom is -0.398 e. The van der Waals surface area contributed by atoms with Crippen LogP contribution in [0.15, 0.2) is 36.4 Å². The predicted octanol–water partition coefficient (Wildman–Crippen LogP) is 3.87. The maximum Gasteiger partial charge on any atom is 0.159 e. The van der Waals surface area contributed by atoms with Crippen molar-refractivity contribution in [2.45, 2.75) is 0 Å². The molecule has 0 amide bonds. The summed E-state index contributed by atoms with van der Waals surface area (Å²) in [7, 11) is 0. The summed E-state index contributed by atoms with van der Waals surface area (Å²) >= 11 is 5.96. The molecule has 0 bridgehead atoms. The molecule has 4 heteroatoms. The number of anilines is 1. The molecule has 82 valence electrons. The SMILES string of the molecule is Nc1cccc(Cl)c1-c1ccc(F)c(F)c1. The highest BCUT2D eigenvalue weighted by Crippen LogP contribution is 2.33. The Morgan fingerprint density at radius 1 is 1.00 bits per heavy atom. The second kappa shape index (κ2) is 4.10.